The van der Waals surface area contributed by atoms with Crippen molar-refractivity contribution >= 4 is 0 Å². The van der Waals surface area contributed by atoms with E-state index in [4.69, 9.17) is 14.9 Å². The molecule has 3 heteroatoms. The third-order valence-corrected chi connectivity index (χ3v) is 2.29. The van der Waals surface area contributed by atoms with E-state index in [1.54, 1.807) is 0 Å². The molecule has 3 nitrogen and oxygen atoms in total. The van der Waals surface area contributed by atoms with Crippen LogP contribution >= 0.6 is 0 Å². The molecule has 0 radical (unpaired) electrons. The highest BCUT2D eigenvalue weighted by atomic mass is 16.5. The van der Waals surface area contributed by atoms with Crippen molar-refractivity contribution in [2.24, 2.45) is 0 Å². The molecule has 0 heterocycles. The molecule has 0 aromatic heterocycles. The van der Waals surface area contributed by atoms with Gasteiger partial charge in [0.1, 0.15) is 6.10 Å². The van der Waals surface area contributed by atoms with Crippen LogP contribution in [0, 0.1) is 0 Å². The molecule has 1 aliphatic carbocycles. The largest absolute Gasteiger partial charge is 0.394 e. The number of aliphatic hydroxyl groups is 2. The summed E-state index contributed by atoms with van der Waals surface area (Å²) in [7, 11) is 0. The lowest BCUT2D eigenvalue weighted by atomic mass is 9.98. The molecule has 72 valence electrons. The Bertz CT molecular complexity index is 110. The highest BCUT2D eigenvalue weighted by molar-refractivity contribution is 4.65. The summed E-state index contributed by atoms with van der Waals surface area (Å²) >= 11 is 0. The first-order valence-electron chi connectivity index (χ1n) is 4.73. The standard InChI is InChI=1S/C9H18O3/c10-6-8(11)7-12-9-4-2-1-3-5-9/h8-11H,1-7H2/t8-/m1/s1. The molecule has 0 bridgehead atoms. The van der Waals surface area contributed by atoms with Gasteiger partial charge in [0.2, 0.25) is 0 Å². The van der Waals surface area contributed by atoms with Crippen LogP contribution in [0.4, 0.5) is 0 Å². The van der Waals surface area contributed by atoms with E-state index in [9.17, 15) is 0 Å². The highest BCUT2D eigenvalue weighted by Gasteiger charge is 2.14. The molecule has 0 aromatic carbocycles. The van der Waals surface area contributed by atoms with Gasteiger partial charge < -0.3 is 14.9 Å². The summed E-state index contributed by atoms with van der Waals surface area (Å²) in [5, 5.41) is 17.5. The van der Waals surface area contributed by atoms with Crippen LogP contribution in [0.5, 0.6) is 0 Å². The topological polar surface area (TPSA) is 49.7 Å². The molecule has 0 aromatic rings. The fraction of sp³-hybridized carbons (Fsp3) is 1.00. The van der Waals surface area contributed by atoms with E-state index in [2.05, 4.69) is 0 Å². The summed E-state index contributed by atoms with van der Waals surface area (Å²) in [5.74, 6) is 0. The number of rotatable bonds is 4. The van der Waals surface area contributed by atoms with Gasteiger partial charge >= 0.3 is 0 Å². The summed E-state index contributed by atoms with van der Waals surface area (Å²) in [6, 6.07) is 0. The number of aliphatic hydroxyl groups excluding tert-OH is 2. The third kappa shape index (κ3) is 3.52. The van der Waals surface area contributed by atoms with Gasteiger partial charge in [-0.15, -0.1) is 0 Å². The summed E-state index contributed by atoms with van der Waals surface area (Å²) < 4.78 is 5.43. The Hall–Kier alpha value is -0.120. The van der Waals surface area contributed by atoms with E-state index < -0.39 is 6.10 Å². The monoisotopic (exact) mass is 174 g/mol. The van der Waals surface area contributed by atoms with Crippen molar-refractivity contribution in [3.63, 3.8) is 0 Å². The minimum absolute atomic E-state index is 0.202. The van der Waals surface area contributed by atoms with E-state index in [1.165, 1.54) is 19.3 Å². The predicted molar refractivity (Wildman–Crippen MR) is 45.9 cm³/mol. The second-order valence-corrected chi connectivity index (χ2v) is 3.43. The zero-order valence-electron chi connectivity index (χ0n) is 7.41. The van der Waals surface area contributed by atoms with Gasteiger partial charge in [0, 0.05) is 0 Å². The predicted octanol–water partition coefficient (Wildman–Crippen LogP) is 0.689. The molecule has 1 fully saturated rings. The zero-order valence-corrected chi connectivity index (χ0v) is 7.41. The zero-order chi connectivity index (χ0) is 8.81. The number of hydrogen-bond acceptors (Lipinski definition) is 3. The van der Waals surface area contributed by atoms with Gasteiger partial charge in [0.15, 0.2) is 0 Å². The molecule has 0 saturated heterocycles. The first-order valence-corrected chi connectivity index (χ1v) is 4.73. The average molecular weight is 174 g/mol. The quantitative estimate of drug-likeness (QED) is 0.659. The summed E-state index contributed by atoms with van der Waals surface area (Å²) in [4.78, 5) is 0. The van der Waals surface area contributed by atoms with Gasteiger partial charge in [0.25, 0.3) is 0 Å². The molecule has 1 atom stereocenters. The lowest BCUT2D eigenvalue weighted by Crippen LogP contribution is -2.25. The van der Waals surface area contributed by atoms with Crippen molar-refractivity contribution in [3.8, 4) is 0 Å². The molecule has 1 saturated carbocycles. The maximum absolute atomic E-state index is 9.01. The summed E-state index contributed by atoms with van der Waals surface area (Å²) in [5.41, 5.74) is 0. The first kappa shape index (κ1) is 9.96. The van der Waals surface area contributed by atoms with Crippen LogP contribution in [0.2, 0.25) is 0 Å². The van der Waals surface area contributed by atoms with Gasteiger partial charge in [-0.25, -0.2) is 0 Å². The molecular formula is C9H18O3. The van der Waals surface area contributed by atoms with Gasteiger partial charge in [-0.3, -0.25) is 0 Å². The Balaban J connectivity index is 2.05. The van der Waals surface area contributed by atoms with Crippen LogP contribution in [0.25, 0.3) is 0 Å². The van der Waals surface area contributed by atoms with Gasteiger partial charge in [0.05, 0.1) is 19.3 Å². The van der Waals surface area contributed by atoms with Crippen molar-refractivity contribution < 1.29 is 14.9 Å². The van der Waals surface area contributed by atoms with E-state index in [0.29, 0.717) is 6.10 Å². The van der Waals surface area contributed by atoms with Crippen LogP contribution in [-0.4, -0.2) is 35.6 Å². The molecule has 0 unspecified atom stereocenters. The normalized spacial score (nSPS) is 22.5. The fourth-order valence-electron chi connectivity index (χ4n) is 1.53. The van der Waals surface area contributed by atoms with Gasteiger partial charge in [-0.1, -0.05) is 19.3 Å². The Kier molecular flexibility index (Phi) is 4.58. The molecular weight excluding hydrogens is 156 g/mol. The maximum Gasteiger partial charge on any atom is 0.100 e. The van der Waals surface area contributed by atoms with Gasteiger partial charge in [-0.05, 0) is 12.8 Å². The van der Waals surface area contributed by atoms with Crippen LogP contribution in [-0.2, 0) is 4.74 Å². The number of hydrogen-bond donors (Lipinski definition) is 2. The fourth-order valence-corrected chi connectivity index (χ4v) is 1.53. The third-order valence-electron chi connectivity index (χ3n) is 2.29. The van der Waals surface area contributed by atoms with Crippen molar-refractivity contribution in [1.29, 1.82) is 0 Å². The number of ether oxygens (including phenoxy) is 1. The maximum atomic E-state index is 9.01. The van der Waals surface area contributed by atoms with Crippen LogP contribution in [0.3, 0.4) is 0 Å². The molecule has 0 spiro atoms. The van der Waals surface area contributed by atoms with Crippen LogP contribution in [0.1, 0.15) is 32.1 Å². The van der Waals surface area contributed by atoms with Crippen molar-refractivity contribution in [3.05, 3.63) is 0 Å². The van der Waals surface area contributed by atoms with E-state index in [-0.39, 0.29) is 13.2 Å². The van der Waals surface area contributed by atoms with Crippen molar-refractivity contribution in [1.82, 2.24) is 0 Å². The SMILES string of the molecule is OC[C@@H](O)COC1CCCCC1. The van der Waals surface area contributed by atoms with E-state index >= 15 is 0 Å². The molecule has 0 aliphatic heterocycles. The van der Waals surface area contributed by atoms with Crippen molar-refractivity contribution in [2.45, 2.75) is 44.3 Å². The molecule has 1 aliphatic rings. The lowest BCUT2D eigenvalue weighted by molar-refractivity contribution is -0.0396. The Morgan fingerprint density at radius 3 is 2.50 bits per heavy atom. The molecule has 1 rings (SSSR count). The minimum Gasteiger partial charge on any atom is -0.394 e. The van der Waals surface area contributed by atoms with E-state index in [0.717, 1.165) is 12.8 Å². The Morgan fingerprint density at radius 2 is 1.92 bits per heavy atom. The minimum atomic E-state index is -0.702. The molecule has 12 heavy (non-hydrogen) atoms. The molecule has 0 amide bonds. The summed E-state index contributed by atoms with van der Waals surface area (Å²) in [6.45, 7) is 0.0773. The average Bonchev–Trinajstić information content (AvgIpc) is 2.16. The lowest BCUT2D eigenvalue weighted by Gasteiger charge is -2.22. The Labute approximate surface area is 73.4 Å². The van der Waals surface area contributed by atoms with Crippen LogP contribution < -0.4 is 0 Å². The highest BCUT2D eigenvalue weighted by Crippen LogP contribution is 2.20. The van der Waals surface area contributed by atoms with Crippen molar-refractivity contribution in [2.75, 3.05) is 13.2 Å². The smallest absolute Gasteiger partial charge is 0.100 e. The van der Waals surface area contributed by atoms with E-state index in [1.807, 2.05) is 0 Å². The second-order valence-electron chi connectivity index (χ2n) is 3.43. The molecule has 2 N–H and O–H groups in total. The second kappa shape index (κ2) is 5.51. The van der Waals surface area contributed by atoms with Crippen LogP contribution in [0.15, 0.2) is 0 Å². The van der Waals surface area contributed by atoms with Gasteiger partial charge in [-0.2, -0.15) is 0 Å². The Morgan fingerprint density at radius 1 is 1.25 bits per heavy atom. The summed E-state index contributed by atoms with van der Waals surface area (Å²) in [6.07, 6.45) is 5.62. The first-order chi connectivity index (χ1) is 5.83.